The van der Waals surface area contributed by atoms with Crippen molar-refractivity contribution < 1.29 is 27.9 Å². The van der Waals surface area contributed by atoms with E-state index in [1.807, 2.05) is 0 Å². The minimum atomic E-state index is -4.57. The smallest absolute Gasteiger partial charge is 0.416 e. The third-order valence-corrected chi connectivity index (χ3v) is 7.13. The van der Waals surface area contributed by atoms with Gasteiger partial charge in [-0.05, 0) is 74.9 Å². The molecule has 2 aliphatic rings. The van der Waals surface area contributed by atoms with Gasteiger partial charge in [0.15, 0.2) is 0 Å². The molecule has 3 N–H and O–H groups in total. The van der Waals surface area contributed by atoms with Gasteiger partial charge in [-0.3, -0.25) is 9.59 Å². The highest BCUT2D eigenvalue weighted by atomic mass is 19.4. The van der Waals surface area contributed by atoms with Crippen LogP contribution < -0.4 is 10.6 Å². The summed E-state index contributed by atoms with van der Waals surface area (Å²) in [7, 11) is 0. The van der Waals surface area contributed by atoms with E-state index in [1.165, 1.54) is 17.7 Å². The summed E-state index contributed by atoms with van der Waals surface area (Å²) < 4.78 is 39.2. The predicted molar refractivity (Wildman–Crippen MR) is 133 cm³/mol. The number of benzene rings is 1. The van der Waals surface area contributed by atoms with Gasteiger partial charge in [0.1, 0.15) is 5.82 Å². The molecule has 3 heterocycles. The fourth-order valence-electron chi connectivity index (χ4n) is 5.09. The van der Waals surface area contributed by atoms with Gasteiger partial charge in [-0.15, -0.1) is 0 Å². The molecular weight excluding hydrogens is 485 g/mol. The number of nitrogens with one attached hydrogen (secondary N) is 2. The molecule has 2 aromatic rings. The third kappa shape index (κ3) is 7.21. The molecule has 0 saturated carbocycles. The topological polar surface area (TPSA) is 94.6 Å². The van der Waals surface area contributed by atoms with E-state index in [2.05, 4.69) is 27.7 Å². The lowest BCUT2D eigenvalue weighted by Gasteiger charge is -2.32. The molecule has 0 bridgehead atoms. The highest BCUT2D eigenvalue weighted by Crippen LogP contribution is 2.31. The molecule has 2 aliphatic heterocycles. The van der Waals surface area contributed by atoms with Crippen molar-refractivity contribution in [2.45, 2.75) is 50.6 Å². The number of rotatable bonds is 9. The van der Waals surface area contributed by atoms with E-state index in [9.17, 15) is 27.9 Å². The van der Waals surface area contributed by atoms with Gasteiger partial charge in [-0.25, -0.2) is 4.98 Å². The van der Waals surface area contributed by atoms with Crippen LogP contribution in [0.25, 0.3) is 0 Å². The largest absolute Gasteiger partial charge is 0.481 e. The number of likely N-dealkylation sites (tertiary alicyclic amines) is 1. The maximum absolute atomic E-state index is 13.1. The summed E-state index contributed by atoms with van der Waals surface area (Å²) >= 11 is 0. The molecular formula is C27H33F3N4O3. The average Bonchev–Trinajstić information content (AvgIpc) is 2.88. The van der Waals surface area contributed by atoms with Crippen molar-refractivity contribution >= 4 is 17.7 Å². The van der Waals surface area contributed by atoms with Gasteiger partial charge < -0.3 is 20.6 Å². The Hall–Kier alpha value is -3.14. The first-order valence-corrected chi connectivity index (χ1v) is 12.8. The van der Waals surface area contributed by atoms with Gasteiger partial charge in [0, 0.05) is 25.3 Å². The lowest BCUT2D eigenvalue weighted by molar-refractivity contribution is -0.140. The number of piperidine rings is 1. The second kappa shape index (κ2) is 11.9. The zero-order chi connectivity index (χ0) is 26.4. The fourth-order valence-corrected chi connectivity index (χ4v) is 5.09. The Labute approximate surface area is 214 Å². The number of carbonyl (C=O) groups excluding carboxylic acids is 1. The monoisotopic (exact) mass is 518 g/mol. The number of alkyl halides is 3. The van der Waals surface area contributed by atoms with Crippen molar-refractivity contribution in [2.24, 2.45) is 5.92 Å². The summed E-state index contributed by atoms with van der Waals surface area (Å²) in [6, 6.07) is 8.49. The summed E-state index contributed by atoms with van der Waals surface area (Å²) in [4.78, 5) is 31.6. The van der Waals surface area contributed by atoms with Crippen molar-refractivity contribution in [1.29, 1.82) is 0 Å². The zero-order valence-electron chi connectivity index (χ0n) is 20.7. The third-order valence-electron chi connectivity index (χ3n) is 7.13. The minimum absolute atomic E-state index is 0.0129. The van der Waals surface area contributed by atoms with Crippen LogP contribution in [0.1, 0.15) is 54.0 Å². The lowest BCUT2D eigenvalue weighted by Crippen LogP contribution is -2.44. The summed E-state index contributed by atoms with van der Waals surface area (Å²) in [6.07, 6.45) is 0.924. The molecule has 37 heavy (non-hydrogen) atoms. The van der Waals surface area contributed by atoms with Gasteiger partial charge in [0.2, 0.25) is 5.91 Å². The van der Waals surface area contributed by atoms with Crippen LogP contribution in [0.15, 0.2) is 36.4 Å². The molecule has 2 unspecified atom stereocenters. The molecule has 1 amide bonds. The molecule has 10 heteroatoms. The predicted octanol–water partition coefficient (Wildman–Crippen LogP) is 4.09. The maximum atomic E-state index is 13.1. The Morgan fingerprint density at radius 2 is 2.05 bits per heavy atom. The number of hydrogen-bond acceptors (Lipinski definition) is 5. The summed E-state index contributed by atoms with van der Waals surface area (Å²) in [6.45, 7) is 2.99. The molecule has 0 aliphatic carbocycles. The lowest BCUT2D eigenvalue weighted by atomic mass is 9.94. The maximum Gasteiger partial charge on any atom is 0.416 e. The number of nitrogens with zero attached hydrogens (tertiary/aromatic N) is 2. The summed E-state index contributed by atoms with van der Waals surface area (Å²) in [5, 5.41) is 15.6. The number of aromatic nitrogens is 1. The number of fused-ring (bicyclic) bond motifs is 1. The molecule has 4 rings (SSSR count). The van der Waals surface area contributed by atoms with E-state index in [4.69, 9.17) is 4.98 Å². The van der Waals surface area contributed by atoms with Crippen molar-refractivity contribution in [1.82, 2.24) is 15.2 Å². The average molecular weight is 519 g/mol. The van der Waals surface area contributed by atoms with Crippen LogP contribution in [0.5, 0.6) is 0 Å². The SMILES string of the molecule is O=C(NCC(C(=O)O)c1cccc(C(F)(F)F)c1)C1CCCN(CCCc2ccc3c(n2)NCCC3)C1. The first kappa shape index (κ1) is 26.9. The molecule has 1 fully saturated rings. The van der Waals surface area contributed by atoms with Gasteiger partial charge in [-0.1, -0.05) is 24.3 Å². The first-order valence-electron chi connectivity index (χ1n) is 12.8. The Morgan fingerprint density at radius 1 is 1.22 bits per heavy atom. The zero-order valence-corrected chi connectivity index (χ0v) is 20.7. The van der Waals surface area contributed by atoms with Gasteiger partial charge >= 0.3 is 12.1 Å². The Balaban J connectivity index is 1.27. The Bertz CT molecular complexity index is 1110. The molecule has 1 aromatic heterocycles. The fraction of sp³-hybridized carbons (Fsp3) is 0.519. The summed E-state index contributed by atoms with van der Waals surface area (Å²) in [5.41, 5.74) is 1.41. The first-order chi connectivity index (χ1) is 17.7. The van der Waals surface area contributed by atoms with Gasteiger partial charge in [-0.2, -0.15) is 13.2 Å². The number of halogens is 3. The number of pyridine rings is 1. The van der Waals surface area contributed by atoms with Crippen LogP contribution in [0.4, 0.5) is 19.0 Å². The number of carbonyl (C=O) groups is 2. The number of carboxylic acid groups (broad SMARTS) is 1. The summed E-state index contributed by atoms with van der Waals surface area (Å²) in [5.74, 6) is -2.09. The van der Waals surface area contributed by atoms with Crippen LogP contribution in [0.3, 0.4) is 0 Å². The van der Waals surface area contributed by atoms with E-state index < -0.39 is 23.6 Å². The highest BCUT2D eigenvalue weighted by molar-refractivity contribution is 5.81. The molecule has 200 valence electrons. The highest BCUT2D eigenvalue weighted by Gasteiger charge is 2.32. The number of hydrogen-bond donors (Lipinski definition) is 3. The number of anilines is 1. The number of aryl methyl sites for hydroxylation is 2. The van der Waals surface area contributed by atoms with Crippen LogP contribution in [0.2, 0.25) is 0 Å². The van der Waals surface area contributed by atoms with E-state index in [0.29, 0.717) is 13.0 Å². The second-order valence-electron chi connectivity index (χ2n) is 9.84. The number of amides is 1. The van der Waals surface area contributed by atoms with E-state index in [1.54, 1.807) is 0 Å². The molecule has 1 saturated heterocycles. The van der Waals surface area contributed by atoms with E-state index >= 15 is 0 Å². The van der Waals surface area contributed by atoms with Crippen LogP contribution in [-0.2, 0) is 28.6 Å². The molecule has 7 nitrogen and oxygen atoms in total. The van der Waals surface area contributed by atoms with Crippen LogP contribution in [-0.4, -0.2) is 59.6 Å². The van der Waals surface area contributed by atoms with Crippen molar-refractivity contribution in [3.63, 3.8) is 0 Å². The van der Waals surface area contributed by atoms with Crippen LogP contribution >= 0.6 is 0 Å². The number of aliphatic carboxylic acids is 1. The number of carboxylic acids is 1. The van der Waals surface area contributed by atoms with Crippen molar-refractivity contribution in [3.8, 4) is 0 Å². The van der Waals surface area contributed by atoms with Crippen LogP contribution in [0, 0.1) is 5.92 Å². The Morgan fingerprint density at radius 3 is 2.84 bits per heavy atom. The molecule has 2 atom stereocenters. The minimum Gasteiger partial charge on any atom is -0.481 e. The van der Waals surface area contributed by atoms with Crippen molar-refractivity contribution in [3.05, 3.63) is 58.8 Å². The molecule has 0 radical (unpaired) electrons. The van der Waals surface area contributed by atoms with E-state index in [-0.39, 0.29) is 23.9 Å². The van der Waals surface area contributed by atoms with Gasteiger partial charge in [0.25, 0.3) is 0 Å². The molecule has 0 spiro atoms. The second-order valence-corrected chi connectivity index (χ2v) is 9.84. The van der Waals surface area contributed by atoms with Gasteiger partial charge in [0.05, 0.1) is 17.4 Å². The molecule has 1 aromatic carbocycles. The quantitative estimate of drug-likeness (QED) is 0.463. The van der Waals surface area contributed by atoms with E-state index in [0.717, 1.165) is 75.4 Å². The Kier molecular flexibility index (Phi) is 8.68. The standard InChI is InChI=1S/C27H33F3N4O3/c28-27(29,30)21-8-1-5-19(15-21)23(26(36)37)16-32-25(35)20-7-3-13-34(17-20)14-4-9-22-11-10-18-6-2-12-31-24(18)33-22/h1,5,8,10-11,15,20,23H,2-4,6-7,9,12-14,16-17H2,(H,31,33)(H,32,35)(H,36,37). The van der Waals surface area contributed by atoms with Crippen molar-refractivity contribution in [2.75, 3.05) is 38.0 Å². The normalized spacial score (nSPS) is 18.9.